The lowest BCUT2D eigenvalue weighted by Crippen LogP contribution is -2.47. The van der Waals surface area contributed by atoms with Crippen molar-refractivity contribution in [3.63, 3.8) is 0 Å². The molecule has 0 radical (unpaired) electrons. The fourth-order valence-electron chi connectivity index (χ4n) is 4.27. The molecule has 0 unspecified atom stereocenters. The highest BCUT2D eigenvalue weighted by molar-refractivity contribution is 6.18. The average Bonchev–Trinajstić information content (AvgIpc) is 3.62. The Morgan fingerprint density at radius 3 is 2.41 bits per heavy atom. The maximum atomic E-state index is 13.5. The Morgan fingerprint density at radius 2 is 1.70 bits per heavy atom. The van der Waals surface area contributed by atoms with Gasteiger partial charge in [-0.15, -0.1) is 5.10 Å². The lowest BCUT2D eigenvalue weighted by molar-refractivity contribution is -0.119. The predicted octanol–water partition coefficient (Wildman–Crippen LogP) is 3.15. The molecule has 1 saturated heterocycles. The summed E-state index contributed by atoms with van der Waals surface area (Å²) >= 11 is 0. The third-order valence-electron chi connectivity index (χ3n) is 6.13. The number of carbonyl (C=O) groups is 2. The molecule has 1 fully saturated rings. The van der Waals surface area contributed by atoms with Crippen LogP contribution in [0.3, 0.4) is 0 Å². The van der Waals surface area contributed by atoms with Gasteiger partial charge >= 0.3 is 0 Å². The number of tetrazole rings is 1. The highest BCUT2D eigenvalue weighted by Crippen LogP contribution is 2.21. The molecule has 0 bridgehead atoms. The second kappa shape index (κ2) is 11.4. The van der Waals surface area contributed by atoms with E-state index in [1.807, 2.05) is 60.7 Å². The van der Waals surface area contributed by atoms with E-state index in [2.05, 4.69) is 31.1 Å². The number of piperidine rings is 1. The highest BCUT2D eigenvalue weighted by atomic mass is 16.3. The van der Waals surface area contributed by atoms with Gasteiger partial charge in [0.2, 0.25) is 5.91 Å². The summed E-state index contributed by atoms with van der Waals surface area (Å²) in [6, 6.07) is 22.3. The molecular formula is C27H27N7O3. The number of hydrogen-bond acceptors (Lipinski definition) is 7. The predicted molar refractivity (Wildman–Crippen MR) is 139 cm³/mol. The maximum absolute atomic E-state index is 13.5. The van der Waals surface area contributed by atoms with Gasteiger partial charge < -0.3 is 15.1 Å². The number of rotatable bonds is 8. The fourth-order valence-corrected chi connectivity index (χ4v) is 4.27. The lowest BCUT2D eigenvalue weighted by atomic mass is 10.0. The van der Waals surface area contributed by atoms with Gasteiger partial charge in [-0.25, -0.2) is 0 Å². The highest BCUT2D eigenvalue weighted by Gasteiger charge is 2.26. The molecule has 37 heavy (non-hydrogen) atoms. The number of anilines is 1. The zero-order valence-corrected chi connectivity index (χ0v) is 20.2. The van der Waals surface area contributed by atoms with E-state index in [4.69, 9.17) is 4.42 Å². The third-order valence-corrected chi connectivity index (χ3v) is 6.13. The number of hydrogen-bond donors (Lipinski definition) is 2. The molecule has 2 aromatic heterocycles. The largest absolute Gasteiger partial charge is 0.465 e. The van der Waals surface area contributed by atoms with Crippen LogP contribution in [-0.4, -0.2) is 62.6 Å². The topological polar surface area (TPSA) is 118 Å². The summed E-state index contributed by atoms with van der Waals surface area (Å²) in [5, 5.41) is 18.1. The first-order chi connectivity index (χ1) is 18.2. The molecule has 188 valence electrons. The van der Waals surface area contributed by atoms with E-state index in [0.717, 1.165) is 24.1 Å². The van der Waals surface area contributed by atoms with Crippen LogP contribution < -0.4 is 10.6 Å². The molecular weight excluding hydrogens is 470 g/mol. The molecule has 1 aliphatic rings. The molecule has 5 rings (SSSR count). The molecule has 3 heterocycles. The van der Waals surface area contributed by atoms with E-state index in [-0.39, 0.29) is 23.6 Å². The quantitative estimate of drug-likeness (QED) is 0.359. The number of carbonyl (C=O) groups excluding carboxylic acids is 2. The molecule has 4 aromatic rings. The van der Waals surface area contributed by atoms with Crippen LogP contribution in [0.4, 0.5) is 5.69 Å². The first-order valence-electron chi connectivity index (χ1n) is 12.1. The number of likely N-dealkylation sites (tertiary alicyclic amines) is 1. The van der Waals surface area contributed by atoms with E-state index >= 15 is 0 Å². The van der Waals surface area contributed by atoms with Crippen molar-refractivity contribution in [2.24, 2.45) is 0 Å². The van der Waals surface area contributed by atoms with E-state index in [0.29, 0.717) is 31.2 Å². The average molecular weight is 498 g/mol. The minimum Gasteiger partial charge on any atom is -0.465 e. The van der Waals surface area contributed by atoms with Gasteiger partial charge in [0.25, 0.3) is 5.91 Å². The summed E-state index contributed by atoms with van der Waals surface area (Å²) < 4.78 is 6.89. The first kappa shape index (κ1) is 24.1. The Hall–Kier alpha value is -4.57. The molecule has 2 aromatic carbocycles. The minimum atomic E-state index is -0.304. The molecule has 2 amide bonds. The lowest BCUT2D eigenvalue weighted by Gasteiger charge is -2.32. The van der Waals surface area contributed by atoms with E-state index in [1.54, 1.807) is 24.5 Å². The van der Waals surface area contributed by atoms with Crippen LogP contribution >= 0.6 is 0 Å². The van der Waals surface area contributed by atoms with Gasteiger partial charge in [-0.2, -0.15) is 4.68 Å². The van der Waals surface area contributed by atoms with Crippen molar-refractivity contribution >= 4 is 29.3 Å². The molecule has 0 aliphatic carbocycles. The summed E-state index contributed by atoms with van der Waals surface area (Å²) in [6.45, 7) is 1.71. The zero-order chi connectivity index (χ0) is 25.5. The van der Waals surface area contributed by atoms with Gasteiger partial charge in [0.15, 0.2) is 5.82 Å². The van der Waals surface area contributed by atoms with Crippen LogP contribution in [0, 0.1) is 0 Å². The minimum absolute atomic E-state index is 0.0439. The van der Waals surface area contributed by atoms with E-state index < -0.39 is 0 Å². The van der Waals surface area contributed by atoms with Crippen LogP contribution in [-0.2, 0) is 9.59 Å². The van der Waals surface area contributed by atoms with Gasteiger partial charge in [0, 0.05) is 36.5 Å². The van der Waals surface area contributed by atoms with Gasteiger partial charge in [0.1, 0.15) is 11.5 Å². The van der Waals surface area contributed by atoms with E-state index in [1.165, 1.54) is 4.68 Å². The van der Waals surface area contributed by atoms with Crippen molar-refractivity contribution in [3.8, 4) is 11.4 Å². The first-order valence-corrected chi connectivity index (χ1v) is 12.1. The van der Waals surface area contributed by atoms with Crippen molar-refractivity contribution in [2.45, 2.75) is 18.9 Å². The standard InChI is InChI=1S/C27H27N7O3/c35-25(28-21-10-5-2-6-11-21)19-33-15-13-22(14-16-33)29-27(36)24(18-23-12-7-17-37-23)34-26(30-31-32-34)20-8-3-1-4-9-20/h1-12,17-18,22H,13-16,19H2,(H,28,35)(H,29,36)/b24-18+. The normalized spacial score (nSPS) is 14.9. The molecule has 10 nitrogen and oxygen atoms in total. The van der Waals surface area contributed by atoms with Gasteiger partial charge in [0.05, 0.1) is 12.8 Å². The Kier molecular flexibility index (Phi) is 7.47. The number of aromatic nitrogens is 4. The molecule has 0 atom stereocenters. The summed E-state index contributed by atoms with van der Waals surface area (Å²) in [5.41, 5.74) is 1.82. The molecule has 2 N–H and O–H groups in total. The second-order valence-electron chi connectivity index (χ2n) is 8.76. The van der Waals surface area contributed by atoms with Crippen LogP contribution in [0.5, 0.6) is 0 Å². The van der Waals surface area contributed by atoms with Crippen molar-refractivity contribution in [3.05, 3.63) is 84.8 Å². The smallest absolute Gasteiger partial charge is 0.270 e. The van der Waals surface area contributed by atoms with Crippen molar-refractivity contribution in [1.29, 1.82) is 0 Å². The summed E-state index contributed by atoms with van der Waals surface area (Å²) in [4.78, 5) is 28.0. The zero-order valence-electron chi connectivity index (χ0n) is 20.2. The Morgan fingerprint density at radius 1 is 0.973 bits per heavy atom. The Labute approximate surface area is 214 Å². The molecule has 10 heteroatoms. The maximum Gasteiger partial charge on any atom is 0.270 e. The Bertz CT molecular complexity index is 1340. The van der Waals surface area contributed by atoms with Crippen molar-refractivity contribution in [1.82, 2.24) is 30.4 Å². The number of amides is 2. The van der Waals surface area contributed by atoms with Gasteiger partial charge in [-0.1, -0.05) is 48.5 Å². The second-order valence-corrected chi connectivity index (χ2v) is 8.76. The van der Waals surface area contributed by atoms with Crippen LogP contribution in [0.25, 0.3) is 23.2 Å². The Balaban J connectivity index is 1.24. The number of nitrogens with one attached hydrogen (secondary N) is 2. The SMILES string of the molecule is O=C(CN1CCC(NC(=O)/C(=C\c2ccco2)n2nnnc2-c2ccccc2)CC1)Nc1ccccc1. The molecule has 0 spiro atoms. The summed E-state index contributed by atoms with van der Waals surface area (Å²) in [6.07, 6.45) is 4.61. The van der Waals surface area contributed by atoms with Crippen LogP contribution in [0.2, 0.25) is 0 Å². The van der Waals surface area contributed by atoms with Crippen LogP contribution in [0.1, 0.15) is 18.6 Å². The monoisotopic (exact) mass is 497 g/mol. The summed E-state index contributed by atoms with van der Waals surface area (Å²) in [7, 11) is 0. The number of furan rings is 1. The van der Waals surface area contributed by atoms with Gasteiger partial charge in [-0.05, 0) is 47.5 Å². The van der Waals surface area contributed by atoms with Crippen molar-refractivity contribution < 1.29 is 14.0 Å². The van der Waals surface area contributed by atoms with E-state index in [9.17, 15) is 9.59 Å². The van der Waals surface area contributed by atoms with Crippen LogP contribution in [0.15, 0.2) is 83.5 Å². The van der Waals surface area contributed by atoms with Gasteiger partial charge in [-0.3, -0.25) is 14.5 Å². The number of para-hydroxylation sites is 1. The summed E-state index contributed by atoms with van der Waals surface area (Å²) in [5.74, 6) is 0.609. The van der Waals surface area contributed by atoms with Crippen molar-refractivity contribution in [2.75, 3.05) is 25.0 Å². The third kappa shape index (κ3) is 6.17. The number of benzene rings is 2. The fraction of sp³-hybridized carbons (Fsp3) is 0.222. The number of nitrogens with zero attached hydrogens (tertiary/aromatic N) is 5. The molecule has 1 aliphatic heterocycles. The molecule has 0 saturated carbocycles.